The number of rotatable bonds is 4. The number of nitrogens with zero attached hydrogens (tertiary/aromatic N) is 2. The van der Waals surface area contributed by atoms with E-state index < -0.39 is 5.97 Å². The number of hydrogen-bond donors (Lipinski definition) is 0. The van der Waals surface area contributed by atoms with Gasteiger partial charge in [-0.05, 0) is 36.2 Å². The molecular weight excluding hydrogens is 352 g/mol. The van der Waals surface area contributed by atoms with E-state index in [4.69, 9.17) is 4.74 Å². The van der Waals surface area contributed by atoms with Crippen molar-refractivity contribution >= 4 is 16.7 Å². The van der Waals surface area contributed by atoms with Crippen molar-refractivity contribution in [3.05, 3.63) is 106 Å². The van der Waals surface area contributed by atoms with E-state index in [-0.39, 0.29) is 17.8 Å². The van der Waals surface area contributed by atoms with E-state index in [1.807, 2.05) is 49.4 Å². The third-order valence-electron chi connectivity index (χ3n) is 4.44. The number of aromatic nitrogens is 2. The predicted octanol–water partition coefficient (Wildman–Crippen LogP) is 3.97. The SMILES string of the molecule is Cc1cccc(OC(=O)c2nn(Cc3ccccc3)c(=O)c3ccccc23)c1. The Labute approximate surface area is 161 Å². The van der Waals surface area contributed by atoms with Crippen LogP contribution in [0, 0.1) is 6.92 Å². The summed E-state index contributed by atoms with van der Waals surface area (Å²) in [5.41, 5.74) is 1.78. The lowest BCUT2D eigenvalue weighted by Gasteiger charge is -2.11. The molecule has 0 aliphatic rings. The lowest BCUT2D eigenvalue weighted by Crippen LogP contribution is -2.27. The molecule has 5 nitrogen and oxygen atoms in total. The molecule has 0 radical (unpaired) electrons. The third-order valence-corrected chi connectivity index (χ3v) is 4.44. The third kappa shape index (κ3) is 3.55. The van der Waals surface area contributed by atoms with Crippen molar-refractivity contribution in [3.8, 4) is 5.75 Å². The van der Waals surface area contributed by atoms with E-state index in [0.29, 0.717) is 16.5 Å². The van der Waals surface area contributed by atoms with Gasteiger partial charge < -0.3 is 4.74 Å². The molecule has 0 aliphatic heterocycles. The Balaban J connectivity index is 1.79. The van der Waals surface area contributed by atoms with E-state index in [0.717, 1.165) is 11.1 Å². The molecule has 5 heteroatoms. The van der Waals surface area contributed by atoms with E-state index in [1.54, 1.807) is 36.4 Å². The highest BCUT2D eigenvalue weighted by molar-refractivity contribution is 6.02. The maximum atomic E-state index is 12.9. The zero-order valence-electron chi connectivity index (χ0n) is 15.3. The Morgan fingerprint density at radius 2 is 1.64 bits per heavy atom. The van der Waals surface area contributed by atoms with Gasteiger partial charge in [-0.2, -0.15) is 5.10 Å². The van der Waals surface area contributed by atoms with Crippen LogP contribution in [0.4, 0.5) is 0 Å². The molecule has 0 bridgehead atoms. The number of fused-ring (bicyclic) bond motifs is 1. The smallest absolute Gasteiger partial charge is 0.364 e. The molecule has 0 atom stereocenters. The highest BCUT2D eigenvalue weighted by Crippen LogP contribution is 2.18. The summed E-state index contributed by atoms with van der Waals surface area (Å²) < 4.78 is 6.83. The fourth-order valence-electron chi connectivity index (χ4n) is 3.08. The predicted molar refractivity (Wildman–Crippen MR) is 108 cm³/mol. The lowest BCUT2D eigenvalue weighted by molar-refractivity contribution is 0.0728. The molecule has 0 saturated carbocycles. The van der Waals surface area contributed by atoms with Crippen molar-refractivity contribution in [2.24, 2.45) is 0 Å². The van der Waals surface area contributed by atoms with Crippen molar-refractivity contribution < 1.29 is 9.53 Å². The fraction of sp³-hybridized carbons (Fsp3) is 0.0870. The Hall–Kier alpha value is -3.73. The van der Waals surface area contributed by atoms with Crippen molar-refractivity contribution in [1.82, 2.24) is 9.78 Å². The average molecular weight is 370 g/mol. The molecule has 3 aromatic carbocycles. The number of carbonyl (C=O) groups is 1. The molecule has 1 aromatic heterocycles. The number of carbonyl (C=O) groups excluding carboxylic acids is 1. The minimum Gasteiger partial charge on any atom is -0.422 e. The minimum absolute atomic E-state index is 0.118. The normalized spacial score (nSPS) is 10.8. The van der Waals surface area contributed by atoms with Gasteiger partial charge in [-0.15, -0.1) is 0 Å². The first-order chi connectivity index (χ1) is 13.6. The number of aryl methyl sites for hydroxylation is 1. The molecule has 0 saturated heterocycles. The molecule has 1 heterocycles. The van der Waals surface area contributed by atoms with Gasteiger partial charge in [-0.3, -0.25) is 4.79 Å². The summed E-state index contributed by atoms with van der Waals surface area (Å²) in [5.74, 6) is -0.152. The highest BCUT2D eigenvalue weighted by atomic mass is 16.5. The Kier molecular flexibility index (Phi) is 4.72. The van der Waals surface area contributed by atoms with Crippen LogP contribution in [0.1, 0.15) is 21.6 Å². The quantitative estimate of drug-likeness (QED) is 0.403. The topological polar surface area (TPSA) is 61.2 Å². The van der Waals surface area contributed by atoms with Crippen LogP contribution in [-0.2, 0) is 6.54 Å². The van der Waals surface area contributed by atoms with Gasteiger partial charge in [-0.1, -0.05) is 60.7 Å². The van der Waals surface area contributed by atoms with E-state index in [2.05, 4.69) is 5.10 Å². The van der Waals surface area contributed by atoms with Crippen LogP contribution in [0.25, 0.3) is 10.8 Å². The van der Waals surface area contributed by atoms with Gasteiger partial charge in [0.2, 0.25) is 0 Å². The van der Waals surface area contributed by atoms with Crippen molar-refractivity contribution in [3.63, 3.8) is 0 Å². The summed E-state index contributed by atoms with van der Waals surface area (Å²) in [4.78, 5) is 25.7. The first-order valence-electron chi connectivity index (χ1n) is 8.94. The number of esters is 1. The van der Waals surface area contributed by atoms with Gasteiger partial charge >= 0.3 is 5.97 Å². The van der Waals surface area contributed by atoms with Crippen LogP contribution < -0.4 is 10.3 Å². The number of ether oxygens (including phenoxy) is 1. The Morgan fingerprint density at radius 3 is 2.39 bits per heavy atom. The van der Waals surface area contributed by atoms with Crippen molar-refractivity contribution in [1.29, 1.82) is 0 Å². The summed E-state index contributed by atoms with van der Waals surface area (Å²) in [6.07, 6.45) is 0. The largest absolute Gasteiger partial charge is 0.422 e. The Bertz CT molecular complexity index is 1210. The molecule has 4 rings (SSSR count). The van der Waals surface area contributed by atoms with Crippen molar-refractivity contribution in [2.75, 3.05) is 0 Å². The van der Waals surface area contributed by atoms with Crippen LogP contribution in [0.2, 0.25) is 0 Å². The summed E-state index contributed by atoms with van der Waals surface area (Å²) in [5, 5.41) is 5.26. The van der Waals surface area contributed by atoms with Crippen LogP contribution in [0.3, 0.4) is 0 Å². The Morgan fingerprint density at radius 1 is 0.929 bits per heavy atom. The summed E-state index contributed by atoms with van der Waals surface area (Å²) in [6, 6.07) is 23.7. The van der Waals surface area contributed by atoms with Crippen molar-refractivity contribution in [2.45, 2.75) is 13.5 Å². The molecule has 0 aliphatic carbocycles. The molecule has 4 aromatic rings. The van der Waals surface area contributed by atoms with Crippen LogP contribution in [0.15, 0.2) is 83.7 Å². The maximum Gasteiger partial charge on any atom is 0.364 e. The molecule has 0 N–H and O–H groups in total. The first-order valence-corrected chi connectivity index (χ1v) is 8.94. The molecular formula is C23H18N2O3. The average Bonchev–Trinajstić information content (AvgIpc) is 2.71. The van der Waals surface area contributed by atoms with Gasteiger partial charge in [-0.25, -0.2) is 9.48 Å². The van der Waals surface area contributed by atoms with Gasteiger partial charge in [0.1, 0.15) is 5.75 Å². The maximum absolute atomic E-state index is 12.9. The molecule has 138 valence electrons. The zero-order chi connectivity index (χ0) is 19.5. The molecule has 0 unspecified atom stereocenters. The molecule has 0 amide bonds. The van der Waals surface area contributed by atoms with E-state index in [9.17, 15) is 9.59 Å². The summed E-state index contributed by atoms with van der Waals surface area (Å²) >= 11 is 0. The van der Waals surface area contributed by atoms with Crippen LogP contribution in [0.5, 0.6) is 5.75 Å². The standard InChI is InChI=1S/C23H18N2O3/c1-16-8-7-11-18(14-16)28-23(27)21-19-12-5-6-13-20(19)22(26)25(24-21)15-17-9-3-2-4-10-17/h2-14H,15H2,1H3. The fourth-order valence-corrected chi connectivity index (χ4v) is 3.08. The van der Waals surface area contributed by atoms with Crippen LogP contribution >= 0.6 is 0 Å². The second-order valence-electron chi connectivity index (χ2n) is 6.55. The van der Waals surface area contributed by atoms with Gasteiger partial charge in [0, 0.05) is 5.39 Å². The van der Waals surface area contributed by atoms with E-state index in [1.165, 1.54) is 4.68 Å². The monoisotopic (exact) mass is 370 g/mol. The number of benzene rings is 3. The first kappa shape index (κ1) is 17.7. The summed E-state index contributed by atoms with van der Waals surface area (Å²) in [7, 11) is 0. The molecule has 0 fully saturated rings. The van der Waals surface area contributed by atoms with Gasteiger partial charge in [0.25, 0.3) is 5.56 Å². The van der Waals surface area contributed by atoms with Crippen LogP contribution in [-0.4, -0.2) is 15.7 Å². The lowest BCUT2D eigenvalue weighted by atomic mass is 10.1. The van der Waals surface area contributed by atoms with Gasteiger partial charge in [0.15, 0.2) is 5.69 Å². The molecule has 0 spiro atoms. The second kappa shape index (κ2) is 7.48. The van der Waals surface area contributed by atoms with E-state index >= 15 is 0 Å². The van der Waals surface area contributed by atoms with Gasteiger partial charge in [0.05, 0.1) is 11.9 Å². The zero-order valence-corrected chi connectivity index (χ0v) is 15.3. The number of hydrogen-bond acceptors (Lipinski definition) is 4. The minimum atomic E-state index is -0.594. The molecule has 28 heavy (non-hydrogen) atoms. The summed E-state index contributed by atoms with van der Waals surface area (Å²) in [6.45, 7) is 2.19. The second-order valence-corrected chi connectivity index (χ2v) is 6.55. The highest BCUT2D eigenvalue weighted by Gasteiger charge is 2.19.